The Morgan fingerprint density at radius 3 is 1.53 bits per heavy atom. The van der Waals surface area contributed by atoms with Crippen molar-refractivity contribution in [3.05, 3.63) is 0 Å². The van der Waals surface area contributed by atoms with Gasteiger partial charge in [-0.3, -0.25) is 5.41 Å². The summed E-state index contributed by atoms with van der Waals surface area (Å²) in [5, 5.41) is 7.71. The Hall–Kier alpha value is -0.530. The van der Waals surface area contributed by atoms with Crippen LogP contribution in [0.5, 0.6) is 0 Å². The second-order valence-electron chi connectivity index (χ2n) is 5.30. The van der Waals surface area contributed by atoms with Gasteiger partial charge in [0.2, 0.25) is 0 Å². The molecule has 1 aliphatic rings. The summed E-state index contributed by atoms with van der Waals surface area (Å²) < 4.78 is 0. The van der Waals surface area contributed by atoms with E-state index in [-0.39, 0.29) is 5.41 Å². The number of rotatable bonds is 1. The molecule has 0 radical (unpaired) electrons. The fraction of sp³-hybridized carbons (Fsp3) is 0.923. The van der Waals surface area contributed by atoms with E-state index in [0.29, 0.717) is 5.84 Å². The van der Waals surface area contributed by atoms with Crippen molar-refractivity contribution in [2.45, 2.75) is 71.1 Å². The summed E-state index contributed by atoms with van der Waals surface area (Å²) in [7, 11) is 0. The largest absolute Gasteiger partial charge is 0.387 e. The van der Waals surface area contributed by atoms with Crippen molar-refractivity contribution in [3.63, 3.8) is 0 Å². The molecule has 1 saturated carbocycles. The van der Waals surface area contributed by atoms with Gasteiger partial charge in [0.25, 0.3) is 0 Å². The van der Waals surface area contributed by atoms with E-state index < -0.39 is 0 Å². The second-order valence-corrected chi connectivity index (χ2v) is 5.30. The molecule has 0 amide bonds. The molecule has 0 heterocycles. The van der Waals surface area contributed by atoms with Crippen LogP contribution in [0, 0.1) is 10.8 Å². The minimum atomic E-state index is -0.00958. The van der Waals surface area contributed by atoms with Gasteiger partial charge in [-0.15, -0.1) is 0 Å². The van der Waals surface area contributed by atoms with Crippen LogP contribution in [-0.4, -0.2) is 5.84 Å². The number of nitrogens with two attached hydrogens (primary N) is 1. The maximum Gasteiger partial charge on any atom is 0.0965 e. The van der Waals surface area contributed by atoms with Gasteiger partial charge >= 0.3 is 0 Å². The van der Waals surface area contributed by atoms with Crippen molar-refractivity contribution in [1.29, 1.82) is 5.41 Å². The van der Waals surface area contributed by atoms with E-state index in [0.717, 1.165) is 12.8 Å². The molecular weight excluding hydrogens is 184 g/mol. The Morgan fingerprint density at radius 1 is 0.867 bits per heavy atom. The molecule has 0 aromatic carbocycles. The lowest BCUT2D eigenvalue weighted by Crippen LogP contribution is -2.33. The minimum Gasteiger partial charge on any atom is -0.387 e. The fourth-order valence-corrected chi connectivity index (χ4v) is 2.49. The Bertz CT molecular complexity index is 187. The van der Waals surface area contributed by atoms with Crippen LogP contribution in [-0.2, 0) is 0 Å². The topological polar surface area (TPSA) is 49.9 Å². The Balaban J connectivity index is 2.49. The molecule has 2 nitrogen and oxygen atoms in total. The third-order valence-corrected chi connectivity index (χ3v) is 3.86. The van der Waals surface area contributed by atoms with Crippen LogP contribution in [0.2, 0.25) is 0 Å². The van der Waals surface area contributed by atoms with Gasteiger partial charge in [-0.25, -0.2) is 0 Å². The molecular formula is C13H26N2. The quantitative estimate of drug-likeness (QED) is 0.501. The van der Waals surface area contributed by atoms with Crippen LogP contribution in [0.1, 0.15) is 71.1 Å². The standard InChI is InChI=1S/C13H26N2/c1-13(12(14)15)10-8-6-4-2-3-5-7-9-11-13/h2-11H2,1H3,(H3,14,15). The lowest BCUT2D eigenvalue weighted by Gasteiger charge is -2.28. The van der Waals surface area contributed by atoms with Crippen molar-refractivity contribution in [2.75, 3.05) is 0 Å². The Kier molecular flexibility index (Phi) is 5.13. The molecule has 0 unspecified atom stereocenters. The minimum absolute atomic E-state index is 0.00958. The first kappa shape index (κ1) is 12.5. The van der Waals surface area contributed by atoms with Gasteiger partial charge in [0.1, 0.15) is 0 Å². The predicted octanol–water partition coefficient (Wildman–Crippen LogP) is 3.84. The zero-order valence-electron chi connectivity index (χ0n) is 10.1. The summed E-state index contributed by atoms with van der Waals surface area (Å²) in [4.78, 5) is 0. The number of nitrogens with one attached hydrogen (secondary N) is 1. The van der Waals surface area contributed by atoms with Crippen LogP contribution < -0.4 is 5.73 Å². The summed E-state index contributed by atoms with van der Waals surface area (Å²) in [6.45, 7) is 2.17. The zero-order chi connectivity index (χ0) is 11.1. The number of hydrogen-bond donors (Lipinski definition) is 2. The van der Waals surface area contributed by atoms with Crippen molar-refractivity contribution >= 4 is 5.84 Å². The predicted molar refractivity (Wildman–Crippen MR) is 66.2 cm³/mol. The summed E-state index contributed by atoms with van der Waals surface area (Å²) in [5.41, 5.74) is 5.72. The van der Waals surface area contributed by atoms with Gasteiger partial charge in [-0.2, -0.15) is 0 Å². The van der Waals surface area contributed by atoms with E-state index in [9.17, 15) is 0 Å². The van der Waals surface area contributed by atoms with Gasteiger partial charge in [0.15, 0.2) is 0 Å². The molecule has 88 valence electrons. The van der Waals surface area contributed by atoms with E-state index in [2.05, 4.69) is 6.92 Å². The van der Waals surface area contributed by atoms with E-state index in [1.54, 1.807) is 0 Å². The maximum absolute atomic E-state index is 7.71. The molecule has 0 aliphatic heterocycles. The summed E-state index contributed by atoms with van der Waals surface area (Å²) in [6, 6.07) is 0. The van der Waals surface area contributed by atoms with Gasteiger partial charge in [-0.05, 0) is 12.8 Å². The average molecular weight is 210 g/mol. The highest BCUT2D eigenvalue weighted by Gasteiger charge is 2.26. The van der Waals surface area contributed by atoms with Crippen molar-refractivity contribution in [2.24, 2.45) is 11.1 Å². The lowest BCUT2D eigenvalue weighted by atomic mass is 9.79. The highest BCUT2D eigenvalue weighted by molar-refractivity contribution is 5.83. The number of hydrogen-bond acceptors (Lipinski definition) is 1. The highest BCUT2D eigenvalue weighted by Crippen LogP contribution is 2.32. The Morgan fingerprint density at radius 2 is 1.20 bits per heavy atom. The first-order valence-electron chi connectivity index (χ1n) is 6.50. The van der Waals surface area contributed by atoms with E-state index >= 15 is 0 Å². The molecule has 0 bridgehead atoms. The maximum atomic E-state index is 7.71. The van der Waals surface area contributed by atoms with Gasteiger partial charge in [0.05, 0.1) is 5.84 Å². The first-order valence-corrected chi connectivity index (χ1v) is 6.50. The van der Waals surface area contributed by atoms with E-state index in [1.165, 1.54) is 51.4 Å². The van der Waals surface area contributed by atoms with Crippen LogP contribution >= 0.6 is 0 Å². The molecule has 0 aromatic rings. The van der Waals surface area contributed by atoms with Gasteiger partial charge < -0.3 is 5.73 Å². The average Bonchev–Trinajstić information content (AvgIpc) is 2.24. The van der Waals surface area contributed by atoms with Gasteiger partial charge in [-0.1, -0.05) is 58.3 Å². The smallest absolute Gasteiger partial charge is 0.0965 e. The van der Waals surface area contributed by atoms with Crippen LogP contribution in [0.3, 0.4) is 0 Å². The molecule has 0 atom stereocenters. The summed E-state index contributed by atoms with van der Waals surface area (Å²) in [5.74, 6) is 0.404. The molecule has 1 rings (SSSR count). The molecule has 3 N–H and O–H groups in total. The van der Waals surface area contributed by atoms with Crippen molar-refractivity contribution in [1.82, 2.24) is 0 Å². The van der Waals surface area contributed by atoms with Crippen LogP contribution in [0.25, 0.3) is 0 Å². The van der Waals surface area contributed by atoms with Crippen molar-refractivity contribution in [3.8, 4) is 0 Å². The van der Waals surface area contributed by atoms with Crippen LogP contribution in [0.15, 0.2) is 0 Å². The van der Waals surface area contributed by atoms with Gasteiger partial charge in [0, 0.05) is 5.41 Å². The summed E-state index contributed by atoms with van der Waals surface area (Å²) in [6.07, 6.45) is 12.9. The van der Waals surface area contributed by atoms with E-state index in [4.69, 9.17) is 11.1 Å². The third-order valence-electron chi connectivity index (χ3n) is 3.86. The zero-order valence-corrected chi connectivity index (χ0v) is 10.1. The second kappa shape index (κ2) is 6.14. The Labute approximate surface area is 94.1 Å². The lowest BCUT2D eigenvalue weighted by molar-refractivity contribution is 0.359. The molecule has 1 fully saturated rings. The number of amidine groups is 1. The first-order chi connectivity index (χ1) is 7.15. The molecule has 15 heavy (non-hydrogen) atoms. The molecule has 1 aliphatic carbocycles. The normalized spacial score (nSPS) is 24.1. The third kappa shape index (κ3) is 4.23. The van der Waals surface area contributed by atoms with Crippen molar-refractivity contribution < 1.29 is 0 Å². The molecule has 0 spiro atoms. The molecule has 0 aromatic heterocycles. The van der Waals surface area contributed by atoms with E-state index in [1.807, 2.05) is 0 Å². The monoisotopic (exact) mass is 210 g/mol. The highest BCUT2D eigenvalue weighted by atomic mass is 14.7. The summed E-state index contributed by atoms with van der Waals surface area (Å²) >= 11 is 0. The molecule has 0 saturated heterocycles. The fourth-order valence-electron chi connectivity index (χ4n) is 2.49. The molecule has 2 heteroatoms. The van der Waals surface area contributed by atoms with Crippen LogP contribution in [0.4, 0.5) is 0 Å². The SMILES string of the molecule is CC1(C(=N)N)CCCCCCCCCC1.